The predicted molar refractivity (Wildman–Crippen MR) is 116 cm³/mol. The molecule has 0 bridgehead atoms. The van der Waals surface area contributed by atoms with Gasteiger partial charge in [-0.1, -0.05) is 53.7 Å². The quantitative estimate of drug-likeness (QED) is 0.410. The van der Waals surface area contributed by atoms with Crippen molar-refractivity contribution in [2.24, 2.45) is 7.05 Å². The SMILES string of the molecule is COc1cccc(-c2nnc(SCc3c(C)nn(-c4ccccc4)c3Cl)n2C)c1. The number of hydrogen-bond acceptors (Lipinski definition) is 5. The average Bonchev–Trinajstić information content (AvgIpc) is 3.26. The van der Waals surface area contributed by atoms with Crippen molar-refractivity contribution in [1.29, 1.82) is 0 Å². The first-order valence-corrected chi connectivity index (χ1v) is 10.4. The van der Waals surface area contributed by atoms with E-state index in [9.17, 15) is 0 Å². The van der Waals surface area contributed by atoms with Crippen LogP contribution in [0.2, 0.25) is 5.15 Å². The predicted octanol–water partition coefficient (Wildman–Crippen LogP) is 4.93. The van der Waals surface area contributed by atoms with Crippen molar-refractivity contribution in [3.63, 3.8) is 0 Å². The van der Waals surface area contributed by atoms with Crippen molar-refractivity contribution in [1.82, 2.24) is 24.5 Å². The molecule has 0 unspecified atom stereocenters. The monoisotopic (exact) mass is 425 g/mol. The molecule has 0 fully saturated rings. The molecule has 0 N–H and O–H groups in total. The summed E-state index contributed by atoms with van der Waals surface area (Å²) < 4.78 is 9.05. The summed E-state index contributed by atoms with van der Waals surface area (Å²) in [5.74, 6) is 2.23. The van der Waals surface area contributed by atoms with Crippen LogP contribution in [0.15, 0.2) is 59.8 Å². The molecule has 0 aliphatic carbocycles. The lowest BCUT2D eigenvalue weighted by molar-refractivity contribution is 0.415. The molecule has 4 aromatic rings. The smallest absolute Gasteiger partial charge is 0.191 e. The second kappa shape index (κ2) is 8.31. The lowest BCUT2D eigenvalue weighted by atomic mass is 10.2. The fraction of sp³-hybridized carbons (Fsp3) is 0.190. The number of thioether (sulfide) groups is 1. The van der Waals surface area contributed by atoms with Crippen molar-refractivity contribution in [3.8, 4) is 22.8 Å². The maximum Gasteiger partial charge on any atom is 0.191 e. The lowest BCUT2D eigenvalue weighted by Gasteiger charge is -2.06. The summed E-state index contributed by atoms with van der Waals surface area (Å²) >= 11 is 8.22. The fourth-order valence-electron chi connectivity index (χ4n) is 3.03. The molecule has 29 heavy (non-hydrogen) atoms. The van der Waals surface area contributed by atoms with Crippen molar-refractivity contribution in [2.45, 2.75) is 17.8 Å². The summed E-state index contributed by atoms with van der Waals surface area (Å²) in [7, 11) is 3.61. The third kappa shape index (κ3) is 3.88. The van der Waals surface area contributed by atoms with E-state index in [1.54, 1.807) is 23.6 Å². The van der Waals surface area contributed by atoms with Crippen molar-refractivity contribution < 1.29 is 4.74 Å². The van der Waals surface area contributed by atoms with E-state index in [0.29, 0.717) is 10.9 Å². The van der Waals surface area contributed by atoms with Crippen LogP contribution >= 0.6 is 23.4 Å². The minimum atomic E-state index is 0.622. The van der Waals surface area contributed by atoms with Crippen LogP contribution < -0.4 is 4.74 Å². The van der Waals surface area contributed by atoms with Gasteiger partial charge in [-0.25, -0.2) is 4.68 Å². The molecule has 0 saturated carbocycles. The van der Waals surface area contributed by atoms with E-state index in [-0.39, 0.29) is 0 Å². The van der Waals surface area contributed by atoms with Crippen LogP contribution in [0.3, 0.4) is 0 Å². The number of aromatic nitrogens is 5. The van der Waals surface area contributed by atoms with Gasteiger partial charge in [0.1, 0.15) is 10.9 Å². The Morgan fingerprint density at radius 3 is 2.62 bits per heavy atom. The molecule has 0 atom stereocenters. The van der Waals surface area contributed by atoms with Gasteiger partial charge >= 0.3 is 0 Å². The zero-order valence-electron chi connectivity index (χ0n) is 16.3. The van der Waals surface area contributed by atoms with Crippen LogP contribution in [-0.2, 0) is 12.8 Å². The van der Waals surface area contributed by atoms with Gasteiger partial charge in [0.25, 0.3) is 0 Å². The molecule has 2 aromatic heterocycles. The van der Waals surface area contributed by atoms with E-state index in [4.69, 9.17) is 16.3 Å². The van der Waals surface area contributed by atoms with Crippen molar-refractivity contribution >= 4 is 23.4 Å². The molecule has 0 radical (unpaired) electrons. The molecule has 4 rings (SSSR count). The van der Waals surface area contributed by atoms with Crippen LogP contribution in [0.1, 0.15) is 11.3 Å². The van der Waals surface area contributed by atoms with E-state index < -0.39 is 0 Å². The van der Waals surface area contributed by atoms with Crippen LogP contribution in [0.4, 0.5) is 0 Å². The summed E-state index contributed by atoms with van der Waals surface area (Å²) in [6, 6.07) is 17.7. The molecule has 0 aliphatic rings. The molecule has 0 amide bonds. The number of rotatable bonds is 6. The highest BCUT2D eigenvalue weighted by atomic mass is 35.5. The van der Waals surface area contributed by atoms with Gasteiger partial charge in [0.05, 0.1) is 18.5 Å². The highest BCUT2D eigenvalue weighted by molar-refractivity contribution is 7.98. The summed E-state index contributed by atoms with van der Waals surface area (Å²) in [5, 5.41) is 14.7. The van der Waals surface area contributed by atoms with Gasteiger partial charge in [0.15, 0.2) is 11.0 Å². The molecule has 2 heterocycles. The lowest BCUT2D eigenvalue weighted by Crippen LogP contribution is -1.96. The maximum absolute atomic E-state index is 6.64. The normalized spacial score (nSPS) is 11.0. The van der Waals surface area contributed by atoms with Gasteiger partial charge in [0, 0.05) is 23.9 Å². The number of halogens is 1. The van der Waals surface area contributed by atoms with Crippen LogP contribution in [0.25, 0.3) is 17.1 Å². The Bertz CT molecular complexity index is 1140. The zero-order valence-corrected chi connectivity index (χ0v) is 17.9. The first-order chi connectivity index (χ1) is 14.1. The second-order valence-corrected chi connectivity index (χ2v) is 7.79. The first kappa shape index (κ1) is 19.5. The number of ether oxygens (including phenoxy) is 1. The molecule has 0 spiro atoms. The van der Waals surface area contributed by atoms with E-state index in [0.717, 1.165) is 39.2 Å². The van der Waals surface area contributed by atoms with Gasteiger partial charge in [-0.3, -0.25) is 0 Å². The minimum Gasteiger partial charge on any atom is -0.497 e. The Morgan fingerprint density at radius 2 is 1.86 bits per heavy atom. The largest absolute Gasteiger partial charge is 0.497 e. The Labute approximate surface area is 178 Å². The number of nitrogens with zero attached hydrogens (tertiary/aromatic N) is 5. The van der Waals surface area contributed by atoms with Gasteiger partial charge < -0.3 is 9.30 Å². The number of benzene rings is 2. The zero-order chi connectivity index (χ0) is 20.4. The van der Waals surface area contributed by atoms with E-state index in [2.05, 4.69) is 15.3 Å². The Hall–Kier alpha value is -2.77. The Kier molecular flexibility index (Phi) is 5.60. The average molecular weight is 426 g/mol. The third-order valence-electron chi connectivity index (χ3n) is 4.63. The summed E-state index contributed by atoms with van der Waals surface area (Å²) in [6.45, 7) is 1.97. The minimum absolute atomic E-state index is 0.622. The fourth-order valence-corrected chi connectivity index (χ4v) is 4.44. The van der Waals surface area contributed by atoms with Gasteiger partial charge in [-0.15, -0.1) is 10.2 Å². The van der Waals surface area contributed by atoms with Gasteiger partial charge in [-0.05, 0) is 31.2 Å². The highest BCUT2D eigenvalue weighted by Gasteiger charge is 2.17. The molecule has 148 valence electrons. The van der Waals surface area contributed by atoms with Crippen LogP contribution in [-0.4, -0.2) is 31.7 Å². The maximum atomic E-state index is 6.64. The van der Waals surface area contributed by atoms with E-state index in [1.807, 2.05) is 73.1 Å². The summed E-state index contributed by atoms with van der Waals surface area (Å²) in [5.41, 5.74) is 3.79. The Balaban J connectivity index is 1.56. The van der Waals surface area contributed by atoms with Crippen LogP contribution in [0, 0.1) is 6.92 Å². The molecular formula is C21H20ClN5OS. The molecule has 0 saturated heterocycles. The number of methoxy groups -OCH3 is 1. The van der Waals surface area contributed by atoms with E-state index >= 15 is 0 Å². The first-order valence-electron chi connectivity index (χ1n) is 9.04. The number of hydrogen-bond donors (Lipinski definition) is 0. The van der Waals surface area contributed by atoms with Crippen molar-refractivity contribution in [2.75, 3.05) is 7.11 Å². The number of para-hydroxylation sites is 1. The summed E-state index contributed by atoms with van der Waals surface area (Å²) in [4.78, 5) is 0. The molecule has 8 heteroatoms. The third-order valence-corrected chi connectivity index (χ3v) is 6.07. The van der Waals surface area contributed by atoms with Crippen LogP contribution in [0.5, 0.6) is 5.75 Å². The summed E-state index contributed by atoms with van der Waals surface area (Å²) in [6.07, 6.45) is 0. The second-order valence-electron chi connectivity index (χ2n) is 6.49. The number of aryl methyl sites for hydroxylation is 1. The topological polar surface area (TPSA) is 57.8 Å². The van der Waals surface area contributed by atoms with Crippen molar-refractivity contribution in [3.05, 3.63) is 71.0 Å². The molecule has 2 aromatic carbocycles. The highest BCUT2D eigenvalue weighted by Crippen LogP contribution is 2.31. The van der Waals surface area contributed by atoms with Gasteiger partial charge in [0.2, 0.25) is 0 Å². The molecule has 6 nitrogen and oxygen atoms in total. The standard InChI is InChI=1S/C21H20ClN5OS/c1-14-18(19(22)27(25-14)16-9-5-4-6-10-16)13-29-21-24-23-20(26(21)2)15-8-7-11-17(12-15)28-3/h4-12H,13H2,1-3H3. The Morgan fingerprint density at radius 1 is 1.07 bits per heavy atom. The van der Waals surface area contributed by atoms with E-state index in [1.165, 1.54) is 0 Å². The molecular weight excluding hydrogens is 406 g/mol. The van der Waals surface area contributed by atoms with Gasteiger partial charge in [-0.2, -0.15) is 5.10 Å². The molecule has 0 aliphatic heterocycles.